The monoisotopic (exact) mass is 468 g/mol. The van der Waals surface area contributed by atoms with Crippen LogP contribution < -0.4 is 0 Å². The molecule has 27 heavy (non-hydrogen) atoms. The van der Waals surface area contributed by atoms with Crippen LogP contribution in [-0.2, 0) is 42.9 Å². The molecule has 1 saturated heterocycles. The van der Waals surface area contributed by atoms with Crippen molar-refractivity contribution >= 4 is 70.3 Å². The highest BCUT2D eigenvalue weighted by molar-refractivity contribution is 6.75. The van der Waals surface area contributed by atoms with Gasteiger partial charge in [0.25, 0.3) is 3.79 Å². The number of carbonyl (C=O) groups is 4. The maximum Gasteiger partial charge on any atom is 0.359 e. The molecule has 1 fully saturated rings. The molecule has 154 valence electrons. The molecule has 13 heteroatoms. The van der Waals surface area contributed by atoms with Crippen LogP contribution >= 0.6 is 46.4 Å². The van der Waals surface area contributed by atoms with Gasteiger partial charge in [0.15, 0.2) is 23.9 Å². The average Bonchev–Trinajstić information content (AvgIpc) is 2.49. The second-order valence-corrected chi connectivity index (χ2v) is 8.06. The van der Waals surface area contributed by atoms with Gasteiger partial charge in [-0.3, -0.25) is 14.4 Å². The average molecular weight is 470 g/mol. The van der Waals surface area contributed by atoms with Crippen molar-refractivity contribution < 1.29 is 42.9 Å². The number of halogens is 4. The van der Waals surface area contributed by atoms with Crippen molar-refractivity contribution in [2.24, 2.45) is 0 Å². The molecule has 5 atom stereocenters. The molecule has 1 aliphatic heterocycles. The second-order valence-electron chi connectivity index (χ2n) is 5.34. The van der Waals surface area contributed by atoms with Crippen molar-refractivity contribution in [3.63, 3.8) is 0 Å². The van der Waals surface area contributed by atoms with Gasteiger partial charge in [-0.1, -0.05) is 46.4 Å². The van der Waals surface area contributed by atoms with E-state index in [0.717, 1.165) is 20.8 Å². The van der Waals surface area contributed by atoms with E-state index in [9.17, 15) is 19.2 Å². The molecule has 0 saturated carbocycles. The highest BCUT2D eigenvalue weighted by Crippen LogP contribution is 2.34. The first-order valence-corrected chi connectivity index (χ1v) is 8.95. The Morgan fingerprint density at radius 1 is 0.852 bits per heavy atom. The minimum Gasteiger partial charge on any atom is -0.463 e. The highest BCUT2D eigenvalue weighted by atomic mass is 35.6. The van der Waals surface area contributed by atoms with Crippen molar-refractivity contribution in [1.82, 2.24) is 0 Å². The van der Waals surface area contributed by atoms with Crippen LogP contribution in [-0.4, -0.2) is 64.3 Å². The minimum atomic E-state index is -2.44. The van der Waals surface area contributed by atoms with Crippen LogP contribution in [0, 0.1) is 0 Å². The lowest BCUT2D eigenvalue weighted by molar-refractivity contribution is -0.239. The summed E-state index contributed by atoms with van der Waals surface area (Å²) in [6.45, 7) is 2.93. The predicted octanol–water partition coefficient (Wildman–Crippen LogP) is 1.66. The molecule has 0 bridgehead atoms. The number of ether oxygens (including phenoxy) is 5. The van der Waals surface area contributed by atoms with Crippen LogP contribution in [0.1, 0.15) is 20.8 Å². The van der Waals surface area contributed by atoms with Crippen LogP contribution in [0.15, 0.2) is 0 Å². The van der Waals surface area contributed by atoms with Gasteiger partial charge < -0.3 is 23.7 Å². The SMILES string of the molecule is CC(=O)OC[C@@H]1O[C@@H](Cl)[C@@H](OC(=O)C(Cl)(Cl)Cl)[C@@H](OC(C)=O)[C@H]1OC(C)=O. The Kier molecular flexibility index (Phi) is 8.88. The van der Waals surface area contributed by atoms with E-state index in [1.54, 1.807) is 0 Å². The Morgan fingerprint density at radius 2 is 1.37 bits per heavy atom. The fraction of sp³-hybridized carbons (Fsp3) is 0.714. The Morgan fingerprint density at radius 3 is 1.81 bits per heavy atom. The first-order valence-electron chi connectivity index (χ1n) is 7.38. The summed E-state index contributed by atoms with van der Waals surface area (Å²) in [6, 6.07) is 0. The molecule has 0 amide bonds. The van der Waals surface area contributed by atoms with E-state index >= 15 is 0 Å². The van der Waals surface area contributed by atoms with Crippen molar-refractivity contribution in [2.75, 3.05) is 6.61 Å². The normalized spacial score (nSPS) is 28.0. The zero-order chi connectivity index (χ0) is 20.9. The summed E-state index contributed by atoms with van der Waals surface area (Å²) in [5.74, 6) is -3.53. The molecule has 0 radical (unpaired) electrons. The zero-order valence-corrected chi connectivity index (χ0v) is 17.3. The molecule has 0 spiro atoms. The molecule has 0 aromatic heterocycles. The highest BCUT2D eigenvalue weighted by Gasteiger charge is 2.53. The fourth-order valence-corrected chi connectivity index (χ4v) is 2.63. The molecule has 1 aliphatic rings. The largest absolute Gasteiger partial charge is 0.463 e. The molecule has 0 aromatic rings. The smallest absolute Gasteiger partial charge is 0.359 e. The summed E-state index contributed by atoms with van der Waals surface area (Å²) in [6.07, 6.45) is -5.35. The molecule has 0 N–H and O–H groups in total. The van der Waals surface area contributed by atoms with E-state index in [1.807, 2.05) is 0 Å². The maximum atomic E-state index is 11.9. The summed E-state index contributed by atoms with van der Waals surface area (Å²) >= 11 is 22.4. The summed E-state index contributed by atoms with van der Waals surface area (Å²) in [4.78, 5) is 45.9. The third kappa shape index (κ3) is 7.50. The summed E-state index contributed by atoms with van der Waals surface area (Å²) in [5.41, 5.74) is -1.40. The third-order valence-electron chi connectivity index (χ3n) is 3.11. The predicted molar refractivity (Wildman–Crippen MR) is 92.4 cm³/mol. The van der Waals surface area contributed by atoms with Crippen LogP contribution in [0.5, 0.6) is 0 Å². The number of carbonyl (C=O) groups excluding carboxylic acids is 4. The van der Waals surface area contributed by atoms with Crippen molar-refractivity contribution in [3.05, 3.63) is 0 Å². The number of alkyl halides is 4. The minimum absolute atomic E-state index is 0.376. The van der Waals surface area contributed by atoms with Crippen LogP contribution in [0.2, 0.25) is 0 Å². The Bertz CT molecular complexity index is 592. The maximum absolute atomic E-state index is 11.9. The van der Waals surface area contributed by atoms with Gasteiger partial charge in [-0.2, -0.15) is 0 Å². The molecular weight excluding hydrogens is 454 g/mol. The van der Waals surface area contributed by atoms with Gasteiger partial charge in [-0.05, 0) is 0 Å². The number of rotatable bonds is 5. The first-order chi connectivity index (χ1) is 12.3. The second kappa shape index (κ2) is 9.97. The Labute approximate surface area is 174 Å². The van der Waals surface area contributed by atoms with E-state index in [1.165, 1.54) is 0 Å². The van der Waals surface area contributed by atoms with Gasteiger partial charge in [0, 0.05) is 20.8 Å². The van der Waals surface area contributed by atoms with E-state index in [4.69, 9.17) is 70.1 Å². The van der Waals surface area contributed by atoms with Crippen LogP contribution in [0.4, 0.5) is 0 Å². The molecule has 0 unspecified atom stereocenters. The van der Waals surface area contributed by atoms with Crippen LogP contribution in [0.3, 0.4) is 0 Å². The van der Waals surface area contributed by atoms with Crippen molar-refractivity contribution in [2.45, 2.75) is 54.5 Å². The first kappa shape index (κ1) is 24.0. The van der Waals surface area contributed by atoms with Crippen molar-refractivity contribution in [3.8, 4) is 0 Å². The van der Waals surface area contributed by atoms with E-state index in [2.05, 4.69) is 0 Å². The fourth-order valence-electron chi connectivity index (χ4n) is 2.17. The standard InChI is InChI=1S/C14H16Cl4O9/c1-5(19)23-4-8-9(24-6(2)20)10(25-7(3)21)11(12(15)26-8)27-13(22)14(16,17)18/h8-12H,4H2,1-3H3/t8-,9-,10-,11-,12+/m0/s1. The van der Waals surface area contributed by atoms with Gasteiger partial charge in [0.05, 0.1) is 0 Å². The molecular formula is C14H16Cl4O9. The number of hydrogen-bond acceptors (Lipinski definition) is 9. The lowest BCUT2D eigenvalue weighted by Gasteiger charge is -2.42. The lowest BCUT2D eigenvalue weighted by atomic mass is 9.99. The van der Waals surface area contributed by atoms with Gasteiger partial charge in [-0.15, -0.1) is 0 Å². The van der Waals surface area contributed by atoms with E-state index in [-0.39, 0.29) is 6.61 Å². The Balaban J connectivity index is 3.18. The number of esters is 4. The summed E-state index contributed by atoms with van der Waals surface area (Å²) in [5, 5.41) is 0. The van der Waals surface area contributed by atoms with Gasteiger partial charge in [0.1, 0.15) is 12.7 Å². The van der Waals surface area contributed by atoms with E-state index < -0.39 is 57.6 Å². The molecule has 9 nitrogen and oxygen atoms in total. The van der Waals surface area contributed by atoms with E-state index in [0.29, 0.717) is 0 Å². The molecule has 1 heterocycles. The topological polar surface area (TPSA) is 114 Å². The lowest BCUT2D eigenvalue weighted by Crippen LogP contribution is -2.61. The molecule has 0 aromatic carbocycles. The molecule has 0 aliphatic carbocycles. The van der Waals surface area contributed by atoms with Crippen molar-refractivity contribution in [1.29, 1.82) is 0 Å². The quantitative estimate of drug-likeness (QED) is 0.336. The third-order valence-corrected chi connectivity index (χ3v) is 3.92. The Hall–Kier alpha value is -1.00. The van der Waals surface area contributed by atoms with Gasteiger partial charge in [-0.25, -0.2) is 4.79 Å². The summed E-state index contributed by atoms with van der Waals surface area (Å²) in [7, 11) is 0. The summed E-state index contributed by atoms with van der Waals surface area (Å²) < 4.78 is 23.0. The van der Waals surface area contributed by atoms with Gasteiger partial charge in [0.2, 0.25) is 0 Å². The zero-order valence-electron chi connectivity index (χ0n) is 14.3. The van der Waals surface area contributed by atoms with Gasteiger partial charge >= 0.3 is 23.9 Å². The van der Waals surface area contributed by atoms with Crippen LogP contribution in [0.25, 0.3) is 0 Å². The number of hydrogen-bond donors (Lipinski definition) is 0. The molecule has 1 rings (SSSR count).